The molecule has 0 aromatic heterocycles. The van der Waals surface area contributed by atoms with Crippen LogP contribution in [0.25, 0.3) is 0 Å². The topological polar surface area (TPSA) is 58.8 Å². The van der Waals surface area contributed by atoms with E-state index in [9.17, 15) is 4.79 Å². The van der Waals surface area contributed by atoms with E-state index in [0.29, 0.717) is 12.6 Å². The average Bonchev–Trinajstić information content (AvgIpc) is 2.86. The minimum absolute atomic E-state index is 0.0723. The molecule has 0 aromatic carbocycles. The van der Waals surface area contributed by atoms with Crippen molar-refractivity contribution in [3.05, 3.63) is 0 Å². The fourth-order valence-electron chi connectivity index (χ4n) is 3.17. The molecule has 3 unspecified atom stereocenters. The predicted molar refractivity (Wildman–Crippen MR) is 74.8 cm³/mol. The molecule has 0 radical (unpaired) electrons. The number of piperazine rings is 1. The van der Waals surface area contributed by atoms with E-state index >= 15 is 0 Å². The van der Waals surface area contributed by atoms with Gasteiger partial charge in [-0.1, -0.05) is 6.92 Å². The molecule has 2 saturated heterocycles. The maximum Gasteiger partial charge on any atom is 0.228 e. The van der Waals surface area contributed by atoms with E-state index in [2.05, 4.69) is 11.8 Å². The highest BCUT2D eigenvalue weighted by molar-refractivity contribution is 5.79. The molecule has 2 N–H and O–H groups in total. The Morgan fingerprint density at radius 2 is 2.05 bits per heavy atom. The van der Waals surface area contributed by atoms with Crippen molar-refractivity contribution in [2.75, 3.05) is 39.3 Å². The monoisotopic (exact) mass is 269 g/mol. The van der Waals surface area contributed by atoms with Crippen molar-refractivity contribution in [1.29, 1.82) is 0 Å². The van der Waals surface area contributed by atoms with Crippen LogP contribution < -0.4 is 5.73 Å². The number of carbonyl (C=O) groups excluding carboxylic acids is 1. The van der Waals surface area contributed by atoms with Gasteiger partial charge in [-0.05, 0) is 19.8 Å². The second-order valence-electron chi connectivity index (χ2n) is 5.63. The third-order valence-corrected chi connectivity index (χ3v) is 4.58. The van der Waals surface area contributed by atoms with Gasteiger partial charge in [0.1, 0.15) is 0 Å². The van der Waals surface area contributed by atoms with Crippen molar-refractivity contribution in [2.24, 2.45) is 11.7 Å². The maximum absolute atomic E-state index is 12.4. The lowest BCUT2D eigenvalue weighted by Gasteiger charge is -2.39. The summed E-state index contributed by atoms with van der Waals surface area (Å²) in [6.45, 7) is 9.17. The second-order valence-corrected chi connectivity index (χ2v) is 5.63. The molecule has 0 saturated carbocycles. The first kappa shape index (κ1) is 14.8. The van der Waals surface area contributed by atoms with Gasteiger partial charge >= 0.3 is 0 Å². The van der Waals surface area contributed by atoms with Gasteiger partial charge in [-0.25, -0.2) is 0 Å². The molecule has 0 spiro atoms. The number of hydrogen-bond acceptors (Lipinski definition) is 4. The normalized spacial score (nSPS) is 30.6. The number of nitrogens with zero attached hydrogens (tertiary/aromatic N) is 2. The number of rotatable bonds is 4. The zero-order chi connectivity index (χ0) is 13.8. The minimum atomic E-state index is 0.0723. The van der Waals surface area contributed by atoms with Gasteiger partial charge in [0.15, 0.2) is 0 Å². The van der Waals surface area contributed by atoms with E-state index in [1.54, 1.807) is 0 Å². The average molecular weight is 269 g/mol. The molecule has 5 heteroatoms. The van der Waals surface area contributed by atoms with Gasteiger partial charge in [-0.2, -0.15) is 0 Å². The van der Waals surface area contributed by atoms with E-state index < -0.39 is 0 Å². The molecule has 3 atom stereocenters. The Hall–Kier alpha value is -0.650. The first-order valence-electron chi connectivity index (χ1n) is 7.51. The molecule has 110 valence electrons. The fraction of sp³-hybridized carbons (Fsp3) is 0.929. The van der Waals surface area contributed by atoms with E-state index in [4.69, 9.17) is 10.5 Å². The third kappa shape index (κ3) is 3.27. The first-order chi connectivity index (χ1) is 9.17. The van der Waals surface area contributed by atoms with Gasteiger partial charge in [-0.15, -0.1) is 0 Å². The Bertz CT molecular complexity index is 299. The quantitative estimate of drug-likeness (QED) is 0.797. The van der Waals surface area contributed by atoms with Crippen LogP contribution in [-0.4, -0.2) is 67.2 Å². The highest BCUT2D eigenvalue weighted by Gasteiger charge is 2.35. The third-order valence-electron chi connectivity index (χ3n) is 4.58. The summed E-state index contributed by atoms with van der Waals surface area (Å²) >= 11 is 0. The molecular formula is C14H27N3O2. The highest BCUT2D eigenvalue weighted by Crippen LogP contribution is 2.23. The molecule has 1 amide bonds. The highest BCUT2D eigenvalue weighted by atomic mass is 16.5. The largest absolute Gasteiger partial charge is 0.378 e. The maximum atomic E-state index is 12.4. The Morgan fingerprint density at radius 1 is 1.37 bits per heavy atom. The van der Waals surface area contributed by atoms with Gasteiger partial charge in [0, 0.05) is 45.4 Å². The zero-order valence-electron chi connectivity index (χ0n) is 12.2. The predicted octanol–water partition coefficient (Wildman–Crippen LogP) is 0.293. The number of amides is 1. The molecule has 2 fully saturated rings. The van der Waals surface area contributed by atoms with E-state index in [1.807, 2.05) is 11.8 Å². The Labute approximate surface area is 116 Å². The van der Waals surface area contributed by atoms with E-state index in [-0.39, 0.29) is 17.9 Å². The summed E-state index contributed by atoms with van der Waals surface area (Å²) in [5.41, 5.74) is 5.79. The number of ether oxygens (including phenoxy) is 1. The summed E-state index contributed by atoms with van der Waals surface area (Å²) in [4.78, 5) is 16.9. The van der Waals surface area contributed by atoms with Crippen molar-refractivity contribution in [3.63, 3.8) is 0 Å². The first-order valence-corrected chi connectivity index (χ1v) is 7.51. The smallest absolute Gasteiger partial charge is 0.228 e. The molecule has 0 aliphatic carbocycles. The molecular weight excluding hydrogens is 242 g/mol. The molecule has 2 aliphatic heterocycles. The second kappa shape index (κ2) is 6.68. The van der Waals surface area contributed by atoms with Gasteiger partial charge in [-0.3, -0.25) is 9.69 Å². The molecule has 0 aromatic rings. The van der Waals surface area contributed by atoms with Gasteiger partial charge in [0.05, 0.1) is 12.0 Å². The van der Waals surface area contributed by atoms with Gasteiger partial charge < -0.3 is 15.4 Å². The number of hydrogen-bond donors (Lipinski definition) is 1. The number of nitrogens with two attached hydrogens (primary N) is 1. The van der Waals surface area contributed by atoms with Crippen LogP contribution in [0, 0.1) is 5.92 Å². The minimum Gasteiger partial charge on any atom is -0.378 e. The molecule has 5 nitrogen and oxygen atoms in total. The van der Waals surface area contributed by atoms with Crippen LogP contribution in [-0.2, 0) is 9.53 Å². The van der Waals surface area contributed by atoms with Crippen molar-refractivity contribution in [1.82, 2.24) is 9.80 Å². The lowest BCUT2D eigenvalue weighted by atomic mass is 10.0. The van der Waals surface area contributed by atoms with Crippen LogP contribution >= 0.6 is 0 Å². The molecule has 2 rings (SSSR count). The lowest BCUT2D eigenvalue weighted by molar-refractivity contribution is -0.139. The Balaban J connectivity index is 1.84. The van der Waals surface area contributed by atoms with Crippen molar-refractivity contribution in [3.8, 4) is 0 Å². The zero-order valence-corrected chi connectivity index (χ0v) is 12.2. The Kier molecular flexibility index (Phi) is 5.19. The summed E-state index contributed by atoms with van der Waals surface area (Å²) < 4.78 is 5.50. The van der Waals surface area contributed by atoms with Crippen molar-refractivity contribution in [2.45, 2.75) is 38.8 Å². The fourth-order valence-corrected chi connectivity index (χ4v) is 3.17. The Morgan fingerprint density at radius 3 is 2.53 bits per heavy atom. The molecule has 19 heavy (non-hydrogen) atoms. The lowest BCUT2D eigenvalue weighted by Crippen LogP contribution is -2.54. The van der Waals surface area contributed by atoms with E-state index in [1.165, 1.54) is 0 Å². The van der Waals surface area contributed by atoms with Crippen LogP contribution in [0.1, 0.15) is 26.7 Å². The molecule has 2 aliphatic rings. The summed E-state index contributed by atoms with van der Waals surface area (Å²) in [6.07, 6.45) is 2.04. The summed E-state index contributed by atoms with van der Waals surface area (Å²) in [5, 5.41) is 0. The van der Waals surface area contributed by atoms with Crippen molar-refractivity contribution < 1.29 is 9.53 Å². The summed E-state index contributed by atoms with van der Waals surface area (Å²) in [6, 6.07) is 0.464. The van der Waals surface area contributed by atoms with Crippen LogP contribution in [0.4, 0.5) is 0 Å². The summed E-state index contributed by atoms with van der Waals surface area (Å²) in [7, 11) is 0. The van der Waals surface area contributed by atoms with Crippen LogP contribution in [0.15, 0.2) is 0 Å². The van der Waals surface area contributed by atoms with Crippen LogP contribution in [0.2, 0.25) is 0 Å². The van der Waals surface area contributed by atoms with E-state index in [0.717, 1.165) is 45.6 Å². The van der Waals surface area contributed by atoms with Gasteiger partial charge in [0.2, 0.25) is 5.91 Å². The standard InChI is InChI=1S/C14H27N3O2/c1-3-12(10-15)16-5-7-17(8-6-16)14(18)13-4-9-19-11(13)2/h11-13H,3-10,15H2,1-2H3. The summed E-state index contributed by atoms with van der Waals surface area (Å²) in [5.74, 6) is 0.355. The SMILES string of the molecule is CCC(CN)N1CCN(C(=O)C2CCOC2C)CC1. The van der Waals surface area contributed by atoms with Gasteiger partial charge in [0.25, 0.3) is 0 Å². The van der Waals surface area contributed by atoms with Crippen LogP contribution in [0.3, 0.4) is 0 Å². The van der Waals surface area contributed by atoms with Crippen LogP contribution in [0.5, 0.6) is 0 Å². The molecule has 0 bridgehead atoms. The molecule has 2 heterocycles. The number of carbonyl (C=O) groups is 1. The van der Waals surface area contributed by atoms with Crippen molar-refractivity contribution >= 4 is 5.91 Å².